The predicted octanol–water partition coefficient (Wildman–Crippen LogP) is 34.4. The van der Waals surface area contributed by atoms with E-state index in [1.807, 2.05) is 26.0 Å². The average molecular weight is 1760 g/mol. The van der Waals surface area contributed by atoms with Crippen LogP contribution in [0.4, 0.5) is 0 Å². The van der Waals surface area contributed by atoms with Crippen LogP contribution < -0.4 is 0 Å². The summed E-state index contributed by atoms with van der Waals surface area (Å²) in [5.74, 6) is 0. The van der Waals surface area contributed by atoms with Gasteiger partial charge in [0.05, 0.1) is 17.2 Å². The highest BCUT2D eigenvalue weighted by atomic mass is 35.5. The van der Waals surface area contributed by atoms with Crippen molar-refractivity contribution in [3.63, 3.8) is 0 Å². The van der Waals surface area contributed by atoms with E-state index >= 15 is 0 Å². The zero-order valence-electron chi connectivity index (χ0n) is 74.3. The van der Waals surface area contributed by atoms with Crippen LogP contribution in [0.2, 0.25) is 0 Å². The summed E-state index contributed by atoms with van der Waals surface area (Å²) in [6.45, 7) is 13.3. The van der Waals surface area contributed by atoms with Gasteiger partial charge in [0, 0.05) is 10.8 Å². The fraction of sp³-hybridized carbons (Fsp3) is 0.0880. The molecule has 0 heterocycles. The molecule has 0 aliphatic heterocycles. The summed E-state index contributed by atoms with van der Waals surface area (Å²) >= 11 is 9.53. The Kier molecular flexibility index (Phi) is 20.6. The smallest absolute Gasteiger partial charge is 0.261 e. The molecule has 5 aliphatic carbocycles. The molecule has 0 spiro atoms. The topological polar surface area (TPSA) is 74.6 Å². The molecule has 0 unspecified atom stereocenters. The van der Waals surface area contributed by atoms with Crippen LogP contribution in [0.5, 0.6) is 0 Å². The molecule has 0 bridgehead atoms. The van der Waals surface area contributed by atoms with Crippen molar-refractivity contribution in [1.29, 1.82) is 0 Å². The number of alkyl halides is 2. The van der Waals surface area contributed by atoms with Crippen LogP contribution in [0.15, 0.2) is 406 Å². The van der Waals surface area contributed by atoms with E-state index in [9.17, 15) is 13.5 Å². The summed E-state index contributed by atoms with van der Waals surface area (Å²) in [5, 5.41) is 27.1. The molecule has 21 aromatic rings. The molecular formula is C125H92Cl2O4S. The molecule has 5 aliphatic rings. The zero-order chi connectivity index (χ0) is 90.2. The maximum atomic E-state index is 11.1. The van der Waals surface area contributed by atoms with Gasteiger partial charge in [0.15, 0.2) is 0 Å². The van der Waals surface area contributed by atoms with Crippen molar-refractivity contribution in [2.45, 2.75) is 58.0 Å². The minimum atomic E-state index is -3.67. The van der Waals surface area contributed by atoms with Gasteiger partial charge in [0.2, 0.25) is 0 Å². The van der Waals surface area contributed by atoms with Crippen LogP contribution in [0.3, 0.4) is 0 Å². The van der Waals surface area contributed by atoms with Crippen molar-refractivity contribution in [2.75, 3.05) is 11.6 Å². The second kappa shape index (κ2) is 32.6. The van der Waals surface area contributed by atoms with Gasteiger partial charge in [-0.05, 0) is 279 Å². The summed E-state index contributed by atoms with van der Waals surface area (Å²) in [4.78, 5) is 0. The normalized spacial score (nSPS) is 13.0. The molecule has 26 rings (SSSR count). The molecular weight excluding hydrogens is 1670 g/mol. The second-order valence-corrected chi connectivity index (χ2v) is 38.9. The van der Waals surface area contributed by atoms with Gasteiger partial charge in [0.25, 0.3) is 10.1 Å². The lowest BCUT2D eigenvalue weighted by atomic mass is 9.68. The van der Waals surface area contributed by atoms with E-state index in [-0.39, 0.29) is 16.2 Å². The van der Waals surface area contributed by atoms with Gasteiger partial charge >= 0.3 is 0 Å². The molecule has 0 radical (unpaired) electrons. The Bertz CT molecular complexity index is 8130. The third kappa shape index (κ3) is 13.4. The Morgan fingerprint density at radius 2 is 0.492 bits per heavy atom. The first-order chi connectivity index (χ1) is 64.2. The third-order valence-electron chi connectivity index (χ3n) is 28.0. The standard InChI is InChI=1S/C41H30O.2C41H28.CH2Cl2.CH4O3S/c1-41(2,42)35-23-12-11-18-29(35)28-24-25-34-38-30(28)21-13-22-33(38)39-36(26-14-5-3-6-15-26)31-19-9-10-20-32(31)37(40(34)39)27-16-7-4-8-17-27;1-41(2)33-23-12-11-20-29(33)38-30-21-13-22-31-37(30)32(24-34(38)41)40-36(26-16-7-4-8-17-26)28-19-10-9-18-27(28)35(39(31)40)25-14-5-3-6-15-25;1-41(2)33-20-12-11-17-27(33)30-21-22-31-37-32(23-24-34(41)38(30)37)40-36(26-15-7-4-8-16-26)29-19-10-9-18-28(29)35(39(31)40)25-13-5-3-6-14-25;2-1-3;1-5(2,3)4/h3-25,42H,1-2H3;2*3-24H,1-2H3;1H2;1H3,(H,2,3,4). The lowest BCUT2D eigenvalue weighted by Gasteiger charge is -2.35. The Labute approximate surface area is 780 Å². The van der Waals surface area contributed by atoms with Crippen LogP contribution in [0.1, 0.15) is 69.4 Å². The lowest BCUT2D eigenvalue weighted by molar-refractivity contribution is 0.0792. The van der Waals surface area contributed by atoms with Gasteiger partial charge in [-0.15, -0.1) is 23.2 Å². The molecule has 0 amide bonds. The van der Waals surface area contributed by atoms with Gasteiger partial charge < -0.3 is 5.11 Å². The van der Waals surface area contributed by atoms with E-state index in [4.69, 9.17) is 27.8 Å². The summed E-state index contributed by atoms with van der Waals surface area (Å²) in [6.07, 6.45) is 0.715. The number of rotatable bonds is 8. The molecule has 132 heavy (non-hydrogen) atoms. The lowest BCUT2D eigenvalue weighted by Crippen LogP contribution is -2.23. The molecule has 4 nitrogen and oxygen atoms in total. The molecule has 0 fully saturated rings. The van der Waals surface area contributed by atoms with Crippen molar-refractivity contribution in [2.24, 2.45) is 0 Å². The van der Waals surface area contributed by atoms with Gasteiger partial charge in [-0.2, -0.15) is 8.42 Å². The maximum Gasteiger partial charge on any atom is 0.261 e. The van der Waals surface area contributed by atoms with E-state index in [1.165, 1.54) is 243 Å². The molecule has 0 saturated heterocycles. The molecule has 0 atom stereocenters. The Hall–Kier alpha value is -14.4. The quantitative estimate of drug-likeness (QED) is 0.117. The van der Waals surface area contributed by atoms with Crippen LogP contribution in [-0.2, 0) is 26.5 Å². The molecule has 7 heteroatoms. The summed E-state index contributed by atoms with van der Waals surface area (Å²) in [7, 11) is -3.67. The molecule has 0 saturated carbocycles. The largest absolute Gasteiger partial charge is 0.386 e. The Balaban J connectivity index is 0.000000111. The highest BCUT2D eigenvalue weighted by Gasteiger charge is 2.43. The van der Waals surface area contributed by atoms with Crippen LogP contribution in [0, 0.1) is 0 Å². The summed E-state index contributed by atoms with van der Waals surface area (Å²) in [5.41, 5.74) is 44.7. The monoisotopic (exact) mass is 1760 g/mol. The minimum Gasteiger partial charge on any atom is -0.386 e. The average Bonchev–Trinajstić information content (AvgIpc) is 1.52. The van der Waals surface area contributed by atoms with Crippen molar-refractivity contribution >= 4 is 98.0 Å². The number of hydrogen-bond acceptors (Lipinski definition) is 3. The number of hydrogen-bond donors (Lipinski definition) is 2. The van der Waals surface area contributed by atoms with E-state index in [0.29, 0.717) is 6.26 Å². The van der Waals surface area contributed by atoms with Gasteiger partial charge in [-0.1, -0.05) is 428 Å². The third-order valence-corrected chi connectivity index (χ3v) is 28.0. The highest BCUT2D eigenvalue weighted by molar-refractivity contribution is 7.85. The van der Waals surface area contributed by atoms with Crippen molar-refractivity contribution in [3.8, 4) is 167 Å². The van der Waals surface area contributed by atoms with Crippen LogP contribution >= 0.6 is 23.2 Å². The van der Waals surface area contributed by atoms with Crippen molar-refractivity contribution in [1.82, 2.24) is 0 Å². The van der Waals surface area contributed by atoms with E-state index in [1.54, 1.807) is 0 Å². The first-order valence-corrected chi connectivity index (χ1v) is 48.1. The first kappa shape index (κ1) is 83.3. The number of fused-ring (bicyclic) bond motifs is 18. The number of halogens is 2. The fourth-order valence-electron chi connectivity index (χ4n) is 22.8. The Morgan fingerprint density at radius 1 is 0.235 bits per heavy atom. The van der Waals surface area contributed by atoms with Crippen LogP contribution in [0.25, 0.3) is 232 Å². The van der Waals surface area contributed by atoms with Gasteiger partial charge in [-0.25, -0.2) is 0 Å². The molecule has 636 valence electrons. The zero-order valence-corrected chi connectivity index (χ0v) is 76.6. The summed E-state index contributed by atoms with van der Waals surface area (Å²) < 4.78 is 25.9. The van der Waals surface area contributed by atoms with E-state index in [0.717, 1.165) is 16.7 Å². The molecule has 0 aromatic heterocycles. The second-order valence-electron chi connectivity index (χ2n) is 36.6. The minimum absolute atomic E-state index is 0.0681. The van der Waals surface area contributed by atoms with Crippen molar-refractivity contribution < 1.29 is 18.1 Å². The predicted molar refractivity (Wildman–Crippen MR) is 560 cm³/mol. The maximum absolute atomic E-state index is 11.1. The number of benzene rings is 21. The van der Waals surface area contributed by atoms with E-state index < -0.39 is 15.7 Å². The fourth-order valence-corrected chi connectivity index (χ4v) is 22.8. The van der Waals surface area contributed by atoms with Gasteiger partial charge in [0.1, 0.15) is 0 Å². The van der Waals surface area contributed by atoms with Crippen LogP contribution in [-0.4, -0.2) is 29.7 Å². The SMILES string of the molecule is CC(C)(O)c1ccccc1-c1ccc2c3c(cccc13)-c1c-2c(-c2ccccc2)c2ccccc2c1-c1ccccc1.CC1(C)c2ccccc2-c2c1cc1c3c(cccc23)-c2c-1c(-c1ccccc1)c1ccccc1c2-c1ccccc1.CC1(C)c2ccccc2-c2ccc3c4c(ccc1c24)-c1c-3c(-c2ccccc2)c2ccccc2c1-c1ccccc1.CS(=O)(=O)O.ClCCl. The van der Waals surface area contributed by atoms with Gasteiger partial charge in [-0.3, -0.25) is 4.55 Å². The molecule has 21 aromatic carbocycles. The highest BCUT2D eigenvalue weighted by Crippen LogP contribution is 2.66. The number of aliphatic hydroxyl groups is 1. The summed E-state index contributed by atoms with van der Waals surface area (Å²) in [6, 6.07) is 149. The first-order valence-electron chi connectivity index (χ1n) is 45.2. The molecule has 2 N–H and O–H groups in total. The van der Waals surface area contributed by atoms with Crippen molar-refractivity contribution in [3.05, 3.63) is 434 Å². The van der Waals surface area contributed by atoms with E-state index in [2.05, 4.69) is 422 Å². The Morgan fingerprint density at radius 3 is 0.879 bits per heavy atom.